The van der Waals surface area contributed by atoms with Gasteiger partial charge >= 0.3 is 0 Å². The fourth-order valence-corrected chi connectivity index (χ4v) is 3.11. The minimum Gasteiger partial charge on any atom is -0.493 e. The Bertz CT molecular complexity index is 474. The van der Waals surface area contributed by atoms with Crippen LogP contribution < -0.4 is 4.74 Å². The Kier molecular flexibility index (Phi) is 3.42. The largest absolute Gasteiger partial charge is 0.493 e. The average molecular weight is 261 g/mol. The summed E-state index contributed by atoms with van der Waals surface area (Å²) in [6.45, 7) is 1.42. The molecule has 1 amide bonds. The van der Waals surface area contributed by atoms with E-state index in [1.165, 1.54) is 0 Å². The molecule has 2 aliphatic heterocycles. The molecule has 1 saturated heterocycles. The topological polar surface area (TPSA) is 49.8 Å². The van der Waals surface area contributed by atoms with E-state index in [0.29, 0.717) is 6.61 Å². The number of likely N-dealkylation sites (tertiary alicyclic amines) is 1. The van der Waals surface area contributed by atoms with E-state index in [9.17, 15) is 9.90 Å². The summed E-state index contributed by atoms with van der Waals surface area (Å²) in [5.74, 6) is 0.858. The molecule has 1 aromatic rings. The van der Waals surface area contributed by atoms with E-state index in [2.05, 4.69) is 0 Å². The maximum atomic E-state index is 12.7. The van der Waals surface area contributed by atoms with Crippen molar-refractivity contribution in [2.45, 2.75) is 31.2 Å². The Labute approximate surface area is 113 Å². The van der Waals surface area contributed by atoms with E-state index in [1.807, 2.05) is 29.2 Å². The SMILES string of the molecule is O=C(C1CCOc2ccccc21)N1CCC[C@H]1CO. The molecule has 0 saturated carbocycles. The molecule has 0 spiro atoms. The maximum absolute atomic E-state index is 12.7. The van der Waals surface area contributed by atoms with Crippen LogP contribution in [0.3, 0.4) is 0 Å². The highest BCUT2D eigenvalue weighted by Crippen LogP contribution is 2.35. The van der Waals surface area contributed by atoms with Crippen molar-refractivity contribution in [3.63, 3.8) is 0 Å². The molecule has 1 N–H and O–H groups in total. The number of aliphatic hydroxyl groups excluding tert-OH is 1. The molecule has 102 valence electrons. The van der Waals surface area contributed by atoms with Gasteiger partial charge in [-0.3, -0.25) is 4.79 Å². The Balaban J connectivity index is 1.85. The number of para-hydroxylation sites is 1. The molecule has 4 nitrogen and oxygen atoms in total. The first kappa shape index (κ1) is 12.5. The second-order valence-corrected chi connectivity index (χ2v) is 5.24. The highest BCUT2D eigenvalue weighted by molar-refractivity contribution is 5.85. The smallest absolute Gasteiger partial charge is 0.230 e. The molecule has 1 aromatic carbocycles. The number of hydrogen-bond donors (Lipinski definition) is 1. The van der Waals surface area contributed by atoms with Gasteiger partial charge in [-0.15, -0.1) is 0 Å². The van der Waals surface area contributed by atoms with Gasteiger partial charge in [0.15, 0.2) is 0 Å². The highest BCUT2D eigenvalue weighted by Gasteiger charge is 2.35. The summed E-state index contributed by atoms with van der Waals surface area (Å²) in [6.07, 6.45) is 2.62. The van der Waals surface area contributed by atoms with Gasteiger partial charge in [0.1, 0.15) is 5.75 Å². The van der Waals surface area contributed by atoms with Gasteiger partial charge in [0.2, 0.25) is 5.91 Å². The zero-order valence-corrected chi connectivity index (χ0v) is 10.9. The third-order valence-electron chi connectivity index (χ3n) is 4.13. The first-order chi connectivity index (χ1) is 9.31. The number of amides is 1. The van der Waals surface area contributed by atoms with Gasteiger partial charge < -0.3 is 14.7 Å². The summed E-state index contributed by atoms with van der Waals surface area (Å²) < 4.78 is 5.60. The average Bonchev–Trinajstić information content (AvgIpc) is 2.94. The van der Waals surface area contributed by atoms with Crippen LogP contribution in [0.5, 0.6) is 5.75 Å². The van der Waals surface area contributed by atoms with Crippen LogP contribution in [0.2, 0.25) is 0 Å². The second kappa shape index (κ2) is 5.21. The Morgan fingerprint density at radius 3 is 3.05 bits per heavy atom. The predicted molar refractivity (Wildman–Crippen MR) is 71.1 cm³/mol. The van der Waals surface area contributed by atoms with Crippen molar-refractivity contribution in [1.82, 2.24) is 4.90 Å². The van der Waals surface area contributed by atoms with Gasteiger partial charge in [0.25, 0.3) is 0 Å². The lowest BCUT2D eigenvalue weighted by molar-refractivity contribution is -0.135. The van der Waals surface area contributed by atoms with Crippen LogP contribution in [0.15, 0.2) is 24.3 Å². The molecule has 19 heavy (non-hydrogen) atoms. The molecule has 1 unspecified atom stereocenters. The number of benzene rings is 1. The van der Waals surface area contributed by atoms with Crippen molar-refractivity contribution in [3.05, 3.63) is 29.8 Å². The molecule has 0 radical (unpaired) electrons. The Morgan fingerprint density at radius 1 is 1.37 bits per heavy atom. The van der Waals surface area contributed by atoms with E-state index in [0.717, 1.165) is 37.1 Å². The molecular weight excluding hydrogens is 242 g/mol. The van der Waals surface area contributed by atoms with E-state index in [4.69, 9.17) is 4.74 Å². The van der Waals surface area contributed by atoms with Crippen molar-refractivity contribution in [1.29, 1.82) is 0 Å². The first-order valence-electron chi connectivity index (χ1n) is 6.94. The minimum absolute atomic E-state index is 0.00232. The van der Waals surface area contributed by atoms with Crippen molar-refractivity contribution < 1.29 is 14.6 Å². The highest BCUT2D eigenvalue weighted by atomic mass is 16.5. The van der Waals surface area contributed by atoms with Gasteiger partial charge in [-0.1, -0.05) is 18.2 Å². The van der Waals surface area contributed by atoms with Gasteiger partial charge in [-0.2, -0.15) is 0 Å². The lowest BCUT2D eigenvalue weighted by Gasteiger charge is -2.31. The monoisotopic (exact) mass is 261 g/mol. The number of hydrogen-bond acceptors (Lipinski definition) is 3. The number of carbonyl (C=O) groups excluding carboxylic acids is 1. The second-order valence-electron chi connectivity index (χ2n) is 5.24. The van der Waals surface area contributed by atoms with Crippen LogP contribution in [0.1, 0.15) is 30.7 Å². The lowest BCUT2D eigenvalue weighted by Crippen LogP contribution is -2.41. The summed E-state index contributed by atoms with van der Waals surface area (Å²) >= 11 is 0. The standard InChI is InChI=1S/C15H19NO3/c17-10-11-4-3-8-16(11)15(18)13-7-9-19-14-6-2-1-5-12(13)14/h1-2,5-6,11,13,17H,3-4,7-10H2/t11-,13?/m0/s1. The fourth-order valence-electron chi connectivity index (χ4n) is 3.11. The molecule has 0 aromatic heterocycles. The van der Waals surface area contributed by atoms with Gasteiger partial charge in [0, 0.05) is 12.1 Å². The normalized spacial score (nSPS) is 25.8. The zero-order valence-electron chi connectivity index (χ0n) is 10.9. The summed E-state index contributed by atoms with van der Waals surface area (Å²) in [6, 6.07) is 7.77. The lowest BCUT2D eigenvalue weighted by atomic mass is 9.91. The first-order valence-corrected chi connectivity index (χ1v) is 6.94. The number of ether oxygens (including phenoxy) is 1. The van der Waals surface area contributed by atoms with E-state index in [1.54, 1.807) is 0 Å². The molecule has 0 aliphatic carbocycles. The van der Waals surface area contributed by atoms with Gasteiger partial charge in [-0.25, -0.2) is 0 Å². The molecule has 1 fully saturated rings. The summed E-state index contributed by atoms with van der Waals surface area (Å²) in [5.41, 5.74) is 0.988. The molecule has 2 atom stereocenters. The molecule has 4 heteroatoms. The molecule has 2 aliphatic rings. The summed E-state index contributed by atoms with van der Waals surface area (Å²) in [4.78, 5) is 14.5. The fraction of sp³-hybridized carbons (Fsp3) is 0.533. The van der Waals surface area contributed by atoms with Crippen molar-refractivity contribution >= 4 is 5.91 Å². The number of nitrogens with zero attached hydrogens (tertiary/aromatic N) is 1. The third kappa shape index (κ3) is 2.21. The predicted octanol–water partition coefficient (Wildman–Crippen LogP) is 1.54. The third-order valence-corrected chi connectivity index (χ3v) is 4.13. The van der Waals surface area contributed by atoms with Crippen molar-refractivity contribution in [2.75, 3.05) is 19.8 Å². The van der Waals surface area contributed by atoms with Crippen molar-refractivity contribution in [2.24, 2.45) is 0 Å². The number of carbonyl (C=O) groups is 1. The van der Waals surface area contributed by atoms with Crippen LogP contribution in [0.4, 0.5) is 0 Å². The summed E-state index contributed by atoms with van der Waals surface area (Å²) in [7, 11) is 0. The molecule has 0 bridgehead atoms. The van der Waals surface area contributed by atoms with Crippen LogP contribution >= 0.6 is 0 Å². The van der Waals surface area contributed by atoms with Crippen LogP contribution in [-0.4, -0.2) is 41.7 Å². The Morgan fingerprint density at radius 2 is 2.21 bits per heavy atom. The van der Waals surface area contributed by atoms with E-state index < -0.39 is 0 Å². The molecule has 2 heterocycles. The number of rotatable bonds is 2. The minimum atomic E-state index is -0.114. The molecule has 3 rings (SSSR count). The Hall–Kier alpha value is -1.55. The summed E-state index contributed by atoms with van der Waals surface area (Å²) in [5, 5.41) is 9.36. The van der Waals surface area contributed by atoms with E-state index >= 15 is 0 Å². The maximum Gasteiger partial charge on any atom is 0.230 e. The van der Waals surface area contributed by atoms with Crippen LogP contribution in [-0.2, 0) is 4.79 Å². The zero-order chi connectivity index (χ0) is 13.2. The van der Waals surface area contributed by atoms with E-state index in [-0.39, 0.29) is 24.5 Å². The molecular formula is C15H19NO3. The van der Waals surface area contributed by atoms with Crippen LogP contribution in [0, 0.1) is 0 Å². The van der Waals surface area contributed by atoms with Crippen molar-refractivity contribution in [3.8, 4) is 5.75 Å². The van der Waals surface area contributed by atoms with Gasteiger partial charge in [0.05, 0.1) is 25.2 Å². The quantitative estimate of drug-likeness (QED) is 0.878. The number of fused-ring (bicyclic) bond motifs is 1. The number of aliphatic hydroxyl groups is 1. The van der Waals surface area contributed by atoms with Gasteiger partial charge in [-0.05, 0) is 25.3 Å². The van der Waals surface area contributed by atoms with Crippen LogP contribution in [0.25, 0.3) is 0 Å².